The van der Waals surface area contributed by atoms with Crippen molar-refractivity contribution in [1.29, 1.82) is 0 Å². The number of rotatable bonds is 75. The van der Waals surface area contributed by atoms with Gasteiger partial charge in [0.05, 0.1) is 289 Å². The van der Waals surface area contributed by atoms with Gasteiger partial charge >= 0.3 is 0 Å². The third-order valence-corrected chi connectivity index (χ3v) is 12.3. The predicted molar refractivity (Wildman–Crippen MR) is 353 cm³/mol. The number of hydrogen-bond acceptors (Lipinski definition) is 28. The summed E-state index contributed by atoms with van der Waals surface area (Å²) in [7, 11) is 0. The molecule has 7 N–H and O–H groups in total. The highest BCUT2D eigenvalue weighted by Crippen LogP contribution is 2.09. The van der Waals surface area contributed by atoms with Gasteiger partial charge in [0.1, 0.15) is 5.69 Å². The first-order chi connectivity index (χ1) is 47.9. The Balaban J connectivity index is 1.50. The molecule has 32 nitrogen and oxygen atoms in total. The van der Waals surface area contributed by atoms with Gasteiger partial charge in [0, 0.05) is 57.0 Å². The van der Waals surface area contributed by atoms with Crippen LogP contribution < -0.4 is 27.4 Å². The fourth-order valence-corrected chi connectivity index (χ4v) is 7.56. The van der Waals surface area contributed by atoms with Crippen LogP contribution in [0, 0.1) is 24.2 Å². The van der Waals surface area contributed by atoms with Crippen molar-refractivity contribution in [3.63, 3.8) is 0 Å². The summed E-state index contributed by atoms with van der Waals surface area (Å²) in [5.41, 5.74) is 13.1. The lowest BCUT2D eigenvalue weighted by molar-refractivity contribution is -0.126. The smallest absolute Gasteiger partial charge is 0.222 e. The molecule has 3 amide bonds. The largest absolute Gasteiger partial charge is 0.379 e. The van der Waals surface area contributed by atoms with E-state index in [-0.39, 0.29) is 76.5 Å². The molecule has 32 heteroatoms. The maximum atomic E-state index is 13.0. The van der Waals surface area contributed by atoms with Crippen molar-refractivity contribution < 1.29 is 114 Å². The Morgan fingerprint density at radius 3 is 0.990 bits per heavy atom. The molecule has 2 aromatic rings. The van der Waals surface area contributed by atoms with Crippen LogP contribution in [0.1, 0.15) is 30.5 Å². The van der Waals surface area contributed by atoms with Gasteiger partial charge in [0.2, 0.25) is 17.7 Å². The Labute approximate surface area is 572 Å². The molecular weight excluding hydrogens is 1280 g/mol. The zero-order chi connectivity index (χ0) is 69.3. The minimum absolute atomic E-state index is 0.00516. The van der Waals surface area contributed by atoms with E-state index < -0.39 is 6.04 Å². The van der Waals surface area contributed by atoms with E-state index in [1.165, 1.54) is 0 Å². The maximum absolute atomic E-state index is 13.0. The van der Waals surface area contributed by atoms with Crippen molar-refractivity contribution in [2.24, 2.45) is 11.5 Å². The van der Waals surface area contributed by atoms with Crippen LogP contribution in [0.5, 0.6) is 0 Å². The van der Waals surface area contributed by atoms with Gasteiger partial charge in [0.15, 0.2) is 0 Å². The lowest BCUT2D eigenvalue weighted by Gasteiger charge is -2.18. The fraction of sp³-hybridized carbons (Fsp3) is 0.769. The van der Waals surface area contributed by atoms with Gasteiger partial charge in [-0.1, -0.05) is 11.1 Å². The molecule has 0 saturated carbocycles. The average Bonchev–Trinajstić information content (AvgIpc) is 1.81. The first-order valence-electron chi connectivity index (χ1n) is 33.3. The standard InChI is InChI=1S/C65H112N8O24/c1-2-3-4-59-5-7-62(8-6-59)73-57-61(71-72-73)58-97-54-53-96-52-51-95-50-49-94-44-39-87-34-29-82-24-19-77-14-9-63(74)70-60(55-64(75)68-12-17-80-22-27-85-32-37-90-42-47-92-45-40-88-35-30-83-25-20-78-15-10-66)56-65(76)69-13-18-81-23-28-86-33-38-91-43-48-93-46-41-89-36-31-84-26-21-79-16-11-67/h1,5-8,57,60H,9-56,58,66-67H2,(H,68,75)(H,69,76)(H,70,74). The zero-order valence-electron chi connectivity index (χ0n) is 57.0. The molecule has 2 rings (SSSR count). The van der Waals surface area contributed by atoms with E-state index in [2.05, 4.69) is 44.0 Å². The van der Waals surface area contributed by atoms with E-state index >= 15 is 0 Å². The topological polar surface area (TPSA) is 364 Å². The van der Waals surface area contributed by atoms with E-state index in [1.54, 1.807) is 10.9 Å². The molecule has 0 atom stereocenters. The van der Waals surface area contributed by atoms with Crippen LogP contribution in [0.2, 0.25) is 0 Å². The first kappa shape index (κ1) is 88.1. The van der Waals surface area contributed by atoms with E-state index in [0.29, 0.717) is 270 Å². The van der Waals surface area contributed by atoms with E-state index in [4.69, 9.17) is 117 Å². The predicted octanol–water partition coefficient (Wildman–Crippen LogP) is -1.09. The summed E-state index contributed by atoms with van der Waals surface area (Å²) in [6.07, 6.45) is 6.72. The summed E-state index contributed by atoms with van der Waals surface area (Å²) in [6.45, 7) is 18.3. The summed E-state index contributed by atoms with van der Waals surface area (Å²) in [5.74, 6) is 6.65. The quantitative estimate of drug-likeness (QED) is 0.0388. The second kappa shape index (κ2) is 70.8. The number of terminal acetylenes is 1. The molecule has 0 aliphatic heterocycles. The molecule has 0 bridgehead atoms. The monoisotopic (exact) mass is 1390 g/mol. The Kier molecular flexibility index (Phi) is 64.3. The highest BCUT2D eigenvalue weighted by atomic mass is 16.6. The molecule has 0 fully saturated rings. The molecule has 1 heterocycles. The molecule has 1 aromatic carbocycles. The SMILES string of the molecule is C#CC#Cc1ccc(-n2cc(COCCOCCOCCOCCOCCOCCOCCC(=O)NC(CC(=O)NCCOCCOCCOCCOCCOCCOCCOCCN)CC(=O)NCCOCCOCCOCCOCCOCCOCCOCCN)nn2)cc1. The van der Waals surface area contributed by atoms with Crippen LogP contribution in [-0.2, 0) is 120 Å². The summed E-state index contributed by atoms with van der Waals surface area (Å²) in [5, 5.41) is 16.7. The number of carbonyl (C=O) groups is 3. The number of nitrogens with one attached hydrogen (secondary N) is 3. The number of aromatic nitrogens is 3. The average molecular weight is 1390 g/mol. The molecule has 0 spiro atoms. The lowest BCUT2D eigenvalue weighted by Crippen LogP contribution is -2.43. The first-order valence-corrected chi connectivity index (χ1v) is 33.3. The minimum atomic E-state index is -0.790. The summed E-state index contributed by atoms with van der Waals surface area (Å²) < 4.78 is 117. The van der Waals surface area contributed by atoms with Crippen LogP contribution >= 0.6 is 0 Å². The normalized spacial score (nSPS) is 11.3. The van der Waals surface area contributed by atoms with Crippen LogP contribution in [0.4, 0.5) is 0 Å². The zero-order valence-corrected chi connectivity index (χ0v) is 57.0. The van der Waals surface area contributed by atoms with Gasteiger partial charge in [-0.3, -0.25) is 14.4 Å². The van der Waals surface area contributed by atoms with Crippen LogP contribution in [0.15, 0.2) is 30.5 Å². The Bertz CT molecular complexity index is 2130. The van der Waals surface area contributed by atoms with Gasteiger partial charge in [-0.2, -0.15) is 0 Å². The summed E-state index contributed by atoms with van der Waals surface area (Å²) in [6, 6.07) is 6.72. The molecule has 0 radical (unpaired) electrons. The van der Waals surface area contributed by atoms with Crippen molar-refractivity contribution in [2.45, 2.75) is 31.9 Å². The van der Waals surface area contributed by atoms with Crippen LogP contribution in [0.3, 0.4) is 0 Å². The third-order valence-electron chi connectivity index (χ3n) is 12.3. The number of carbonyl (C=O) groups excluding carboxylic acids is 3. The highest BCUT2D eigenvalue weighted by Gasteiger charge is 2.20. The second-order valence-corrected chi connectivity index (χ2v) is 20.1. The third kappa shape index (κ3) is 60.6. The Morgan fingerprint density at radius 1 is 0.392 bits per heavy atom. The molecule has 97 heavy (non-hydrogen) atoms. The maximum Gasteiger partial charge on any atom is 0.222 e. The molecule has 0 aliphatic rings. The number of amides is 3. The number of benzene rings is 1. The molecule has 0 saturated heterocycles. The van der Waals surface area contributed by atoms with Crippen molar-refractivity contribution >= 4 is 17.7 Å². The molecule has 1 aromatic heterocycles. The van der Waals surface area contributed by atoms with Gasteiger partial charge in [0.25, 0.3) is 0 Å². The van der Waals surface area contributed by atoms with Crippen molar-refractivity contribution in [1.82, 2.24) is 30.9 Å². The van der Waals surface area contributed by atoms with Gasteiger partial charge < -0.3 is 127 Å². The summed E-state index contributed by atoms with van der Waals surface area (Å²) >= 11 is 0. The molecule has 0 aliphatic carbocycles. The number of nitrogens with two attached hydrogens (primary N) is 2. The van der Waals surface area contributed by atoms with E-state index in [9.17, 15) is 14.4 Å². The number of ether oxygens (including phenoxy) is 21. The molecule has 0 unspecified atom stereocenters. The number of nitrogens with zero attached hydrogens (tertiary/aromatic N) is 3. The fourth-order valence-electron chi connectivity index (χ4n) is 7.56. The Hall–Kier alpha value is -5.03. The van der Waals surface area contributed by atoms with Crippen molar-refractivity contribution in [3.05, 3.63) is 41.7 Å². The van der Waals surface area contributed by atoms with Crippen molar-refractivity contribution in [2.75, 3.05) is 297 Å². The summed E-state index contributed by atoms with van der Waals surface area (Å²) in [4.78, 5) is 38.9. The van der Waals surface area contributed by atoms with Gasteiger partial charge in [-0.25, -0.2) is 4.68 Å². The van der Waals surface area contributed by atoms with Gasteiger partial charge in [-0.05, 0) is 36.1 Å². The minimum Gasteiger partial charge on any atom is -0.379 e. The van der Waals surface area contributed by atoms with E-state index in [0.717, 1.165) is 11.3 Å². The van der Waals surface area contributed by atoms with Crippen molar-refractivity contribution in [3.8, 4) is 29.9 Å². The van der Waals surface area contributed by atoms with Gasteiger partial charge in [-0.15, -0.1) is 11.5 Å². The number of hydrogen-bond donors (Lipinski definition) is 5. The Morgan fingerprint density at radius 2 is 0.680 bits per heavy atom. The molecule has 556 valence electrons. The van der Waals surface area contributed by atoms with Crippen LogP contribution in [0.25, 0.3) is 5.69 Å². The second-order valence-electron chi connectivity index (χ2n) is 20.1. The van der Waals surface area contributed by atoms with Crippen LogP contribution in [-0.4, -0.2) is 336 Å². The van der Waals surface area contributed by atoms with E-state index in [1.807, 2.05) is 24.3 Å². The lowest BCUT2D eigenvalue weighted by atomic mass is 10.1. The highest BCUT2D eigenvalue weighted by molar-refractivity contribution is 5.83. The molecular formula is C65H112N8O24.